The van der Waals surface area contributed by atoms with Crippen molar-refractivity contribution in [3.63, 3.8) is 0 Å². The van der Waals surface area contributed by atoms with Crippen molar-refractivity contribution < 1.29 is 4.79 Å². The Morgan fingerprint density at radius 1 is 1.33 bits per heavy atom. The fraction of sp³-hybridized carbons (Fsp3) is 0.286. The van der Waals surface area contributed by atoms with Gasteiger partial charge in [0.25, 0.3) is 0 Å². The van der Waals surface area contributed by atoms with E-state index in [4.69, 9.17) is 0 Å². The minimum absolute atomic E-state index is 0.0980. The maximum absolute atomic E-state index is 11.1. The zero-order valence-electron chi connectivity index (χ0n) is 10.4. The second-order valence-electron chi connectivity index (χ2n) is 4.24. The number of benzene rings is 1. The van der Waals surface area contributed by atoms with Crippen LogP contribution in [0.2, 0.25) is 0 Å². The van der Waals surface area contributed by atoms with E-state index in [-0.39, 0.29) is 5.78 Å². The van der Waals surface area contributed by atoms with Crippen LogP contribution < -0.4 is 5.32 Å². The van der Waals surface area contributed by atoms with Crippen molar-refractivity contribution in [3.05, 3.63) is 48.0 Å². The number of nitrogens with zero attached hydrogens (tertiary/aromatic N) is 1. The second-order valence-corrected chi connectivity index (χ2v) is 4.24. The molecule has 0 unspecified atom stereocenters. The van der Waals surface area contributed by atoms with E-state index >= 15 is 0 Å². The Hall–Kier alpha value is -2.10. The molecule has 4 nitrogen and oxygen atoms in total. The number of aryl methyl sites for hydroxylation is 1. The standard InChI is InChI=1S/C14H17N3O/c1-11(18)12-4-6-13(7-5-12)16-8-2-3-14-9-15-10-17-14/h4-7,9-10,16H,2-3,8H2,1H3,(H,15,17). The molecule has 2 aromatic rings. The highest BCUT2D eigenvalue weighted by atomic mass is 16.1. The first-order valence-electron chi connectivity index (χ1n) is 6.08. The molecule has 18 heavy (non-hydrogen) atoms. The van der Waals surface area contributed by atoms with Gasteiger partial charge < -0.3 is 10.3 Å². The second kappa shape index (κ2) is 6.00. The van der Waals surface area contributed by atoms with Crippen LogP contribution in [-0.2, 0) is 6.42 Å². The Morgan fingerprint density at radius 3 is 2.72 bits per heavy atom. The van der Waals surface area contributed by atoms with Gasteiger partial charge >= 0.3 is 0 Å². The van der Waals surface area contributed by atoms with Crippen LogP contribution in [0, 0.1) is 0 Å². The van der Waals surface area contributed by atoms with Crippen LogP contribution in [0.25, 0.3) is 0 Å². The SMILES string of the molecule is CC(=O)c1ccc(NCCCc2cnc[nH]2)cc1. The van der Waals surface area contributed by atoms with Crippen LogP contribution >= 0.6 is 0 Å². The maximum Gasteiger partial charge on any atom is 0.159 e. The smallest absolute Gasteiger partial charge is 0.159 e. The molecule has 0 saturated carbocycles. The molecule has 0 amide bonds. The molecule has 1 heterocycles. The monoisotopic (exact) mass is 243 g/mol. The summed E-state index contributed by atoms with van der Waals surface area (Å²) in [5.74, 6) is 0.0980. The number of rotatable bonds is 6. The first-order chi connectivity index (χ1) is 8.75. The van der Waals surface area contributed by atoms with Gasteiger partial charge in [-0.1, -0.05) is 0 Å². The van der Waals surface area contributed by atoms with Crippen LogP contribution in [-0.4, -0.2) is 22.3 Å². The quantitative estimate of drug-likeness (QED) is 0.605. The van der Waals surface area contributed by atoms with E-state index in [0.29, 0.717) is 0 Å². The molecule has 0 saturated heterocycles. The zero-order chi connectivity index (χ0) is 12.8. The van der Waals surface area contributed by atoms with Crippen LogP contribution in [0.3, 0.4) is 0 Å². The minimum atomic E-state index is 0.0980. The van der Waals surface area contributed by atoms with Crippen molar-refractivity contribution in [2.24, 2.45) is 0 Å². The average molecular weight is 243 g/mol. The van der Waals surface area contributed by atoms with Gasteiger partial charge in [0.1, 0.15) is 0 Å². The Kier molecular flexibility index (Phi) is 4.12. The van der Waals surface area contributed by atoms with Gasteiger partial charge in [0.05, 0.1) is 6.33 Å². The highest BCUT2D eigenvalue weighted by molar-refractivity contribution is 5.94. The van der Waals surface area contributed by atoms with Gasteiger partial charge in [-0.15, -0.1) is 0 Å². The summed E-state index contributed by atoms with van der Waals surface area (Å²) >= 11 is 0. The molecule has 0 bridgehead atoms. The summed E-state index contributed by atoms with van der Waals surface area (Å²) in [4.78, 5) is 18.2. The van der Waals surface area contributed by atoms with E-state index in [1.165, 1.54) is 0 Å². The molecular formula is C14H17N3O. The molecule has 4 heteroatoms. The number of ketones is 1. The predicted molar refractivity (Wildman–Crippen MR) is 71.8 cm³/mol. The summed E-state index contributed by atoms with van der Waals surface area (Å²) in [6.07, 6.45) is 5.57. The van der Waals surface area contributed by atoms with Gasteiger partial charge in [-0.05, 0) is 44.0 Å². The van der Waals surface area contributed by atoms with Gasteiger partial charge in [0.15, 0.2) is 5.78 Å². The van der Waals surface area contributed by atoms with E-state index in [1.54, 1.807) is 13.3 Å². The fourth-order valence-corrected chi connectivity index (χ4v) is 1.76. The van der Waals surface area contributed by atoms with Crippen molar-refractivity contribution in [2.45, 2.75) is 19.8 Å². The molecule has 94 valence electrons. The number of aromatic nitrogens is 2. The average Bonchev–Trinajstić information content (AvgIpc) is 2.88. The third-order valence-corrected chi connectivity index (χ3v) is 2.80. The number of H-pyrrole nitrogens is 1. The highest BCUT2D eigenvalue weighted by Gasteiger charge is 1.98. The largest absolute Gasteiger partial charge is 0.385 e. The number of Topliss-reactive ketones (excluding diaryl/α,β-unsaturated/α-hetero) is 1. The topological polar surface area (TPSA) is 57.8 Å². The molecule has 0 atom stereocenters. The lowest BCUT2D eigenvalue weighted by Crippen LogP contribution is -2.03. The normalized spacial score (nSPS) is 10.3. The first kappa shape index (κ1) is 12.4. The highest BCUT2D eigenvalue weighted by Crippen LogP contribution is 2.10. The van der Waals surface area contributed by atoms with Gasteiger partial charge in [-0.3, -0.25) is 4.79 Å². The first-order valence-corrected chi connectivity index (χ1v) is 6.08. The molecule has 0 radical (unpaired) electrons. The summed E-state index contributed by atoms with van der Waals surface area (Å²) in [6, 6.07) is 7.57. The molecule has 1 aromatic heterocycles. The van der Waals surface area contributed by atoms with E-state index in [1.807, 2.05) is 30.5 Å². The molecular weight excluding hydrogens is 226 g/mol. The van der Waals surface area contributed by atoms with Crippen molar-refractivity contribution in [3.8, 4) is 0 Å². The van der Waals surface area contributed by atoms with Crippen LogP contribution in [0.1, 0.15) is 29.4 Å². The maximum atomic E-state index is 11.1. The Labute approximate surface area is 106 Å². The lowest BCUT2D eigenvalue weighted by atomic mass is 10.1. The number of hydrogen-bond acceptors (Lipinski definition) is 3. The van der Waals surface area contributed by atoms with E-state index in [0.717, 1.165) is 36.3 Å². The fourth-order valence-electron chi connectivity index (χ4n) is 1.76. The van der Waals surface area contributed by atoms with Crippen LogP contribution in [0.4, 0.5) is 5.69 Å². The molecule has 2 N–H and O–H groups in total. The third kappa shape index (κ3) is 3.45. The third-order valence-electron chi connectivity index (χ3n) is 2.80. The van der Waals surface area contributed by atoms with Gasteiger partial charge in [0, 0.05) is 29.7 Å². The lowest BCUT2D eigenvalue weighted by molar-refractivity contribution is 0.101. The van der Waals surface area contributed by atoms with E-state index in [9.17, 15) is 4.79 Å². The van der Waals surface area contributed by atoms with Crippen molar-refractivity contribution in [1.29, 1.82) is 0 Å². The summed E-state index contributed by atoms with van der Waals surface area (Å²) in [5, 5.41) is 3.33. The molecule has 2 rings (SSSR count). The molecule has 0 aliphatic carbocycles. The Morgan fingerprint density at radius 2 is 2.11 bits per heavy atom. The number of carbonyl (C=O) groups is 1. The van der Waals surface area contributed by atoms with Gasteiger partial charge in [-0.25, -0.2) is 4.98 Å². The van der Waals surface area contributed by atoms with Crippen molar-refractivity contribution >= 4 is 11.5 Å². The Bertz CT molecular complexity index is 488. The minimum Gasteiger partial charge on any atom is -0.385 e. The summed E-state index contributed by atoms with van der Waals surface area (Å²) in [6.45, 7) is 2.48. The molecule has 0 fully saturated rings. The van der Waals surface area contributed by atoms with Crippen LogP contribution in [0.15, 0.2) is 36.8 Å². The predicted octanol–water partition coefficient (Wildman–Crippen LogP) is 2.66. The molecule has 0 aliphatic heterocycles. The van der Waals surface area contributed by atoms with Crippen LogP contribution in [0.5, 0.6) is 0 Å². The van der Waals surface area contributed by atoms with Gasteiger partial charge in [-0.2, -0.15) is 0 Å². The number of anilines is 1. The number of nitrogens with one attached hydrogen (secondary N) is 2. The molecule has 0 spiro atoms. The lowest BCUT2D eigenvalue weighted by Gasteiger charge is -2.06. The Balaban J connectivity index is 1.75. The molecule has 1 aromatic carbocycles. The number of carbonyl (C=O) groups excluding carboxylic acids is 1. The summed E-state index contributed by atoms with van der Waals surface area (Å²) in [5.41, 5.74) is 2.95. The number of imidazole rings is 1. The van der Waals surface area contributed by atoms with E-state index in [2.05, 4.69) is 15.3 Å². The van der Waals surface area contributed by atoms with Gasteiger partial charge in [0.2, 0.25) is 0 Å². The summed E-state index contributed by atoms with van der Waals surface area (Å²) in [7, 11) is 0. The summed E-state index contributed by atoms with van der Waals surface area (Å²) < 4.78 is 0. The zero-order valence-corrected chi connectivity index (χ0v) is 10.4. The van der Waals surface area contributed by atoms with Crippen molar-refractivity contribution in [2.75, 3.05) is 11.9 Å². The van der Waals surface area contributed by atoms with Crippen molar-refractivity contribution in [1.82, 2.24) is 9.97 Å². The molecule has 0 aliphatic rings. The number of hydrogen-bond donors (Lipinski definition) is 2. The van der Waals surface area contributed by atoms with E-state index < -0.39 is 0 Å². The number of aromatic amines is 1.